The van der Waals surface area contributed by atoms with Crippen molar-refractivity contribution in [3.8, 4) is 11.5 Å². The number of aryl methyl sites for hydroxylation is 1. The number of urea groups is 1. The molecule has 6 heteroatoms. The Hall–Kier alpha value is -2.34. The summed E-state index contributed by atoms with van der Waals surface area (Å²) in [5.41, 5.74) is 2.97. The zero-order valence-electron chi connectivity index (χ0n) is 13.9. The number of nitrogens with one attached hydrogen (secondary N) is 2. The molecule has 0 unspecified atom stereocenters. The summed E-state index contributed by atoms with van der Waals surface area (Å²) < 4.78 is 11.0. The molecule has 1 aliphatic rings. The number of nitrogens with zero attached hydrogens (tertiary/aromatic N) is 1. The van der Waals surface area contributed by atoms with Gasteiger partial charge in [-0.2, -0.15) is 0 Å². The first kappa shape index (κ1) is 16.5. The van der Waals surface area contributed by atoms with Gasteiger partial charge in [-0.3, -0.25) is 0 Å². The average Bonchev–Trinajstić information content (AvgIpc) is 3.25. The summed E-state index contributed by atoms with van der Waals surface area (Å²) in [7, 11) is 0. The molecule has 0 radical (unpaired) electrons. The van der Waals surface area contributed by atoms with E-state index in [4.69, 9.17) is 9.15 Å². The lowest BCUT2D eigenvalue weighted by molar-refractivity contribution is 0.111. The molecule has 128 valence electrons. The van der Waals surface area contributed by atoms with E-state index in [1.807, 2.05) is 31.2 Å². The fraction of sp³-hybridized carbons (Fsp3) is 0.444. The van der Waals surface area contributed by atoms with Gasteiger partial charge in [0, 0.05) is 31.7 Å². The Balaban J connectivity index is 1.40. The van der Waals surface area contributed by atoms with Crippen LogP contribution in [0.5, 0.6) is 0 Å². The second-order valence-corrected chi connectivity index (χ2v) is 6.03. The number of amides is 2. The van der Waals surface area contributed by atoms with Crippen LogP contribution in [0.15, 0.2) is 34.9 Å². The van der Waals surface area contributed by atoms with E-state index in [1.54, 1.807) is 6.26 Å². The van der Waals surface area contributed by atoms with E-state index >= 15 is 0 Å². The monoisotopic (exact) mass is 329 g/mol. The quantitative estimate of drug-likeness (QED) is 0.854. The first-order chi connectivity index (χ1) is 11.7. The van der Waals surface area contributed by atoms with Crippen molar-refractivity contribution >= 4 is 6.03 Å². The van der Waals surface area contributed by atoms with Crippen LogP contribution in [0, 0.1) is 6.92 Å². The van der Waals surface area contributed by atoms with Gasteiger partial charge in [0.1, 0.15) is 6.26 Å². The molecule has 2 heterocycles. The SMILES string of the molecule is Cc1ccc(-c2nc(CCNC(=O)NC[C@H]3CCCO3)co2)cc1. The number of aromatic nitrogens is 1. The molecular weight excluding hydrogens is 306 g/mol. The summed E-state index contributed by atoms with van der Waals surface area (Å²) >= 11 is 0. The molecule has 1 fully saturated rings. The largest absolute Gasteiger partial charge is 0.444 e. The van der Waals surface area contributed by atoms with Gasteiger partial charge in [0.2, 0.25) is 5.89 Å². The predicted molar refractivity (Wildman–Crippen MR) is 90.8 cm³/mol. The topological polar surface area (TPSA) is 76.4 Å². The number of rotatable bonds is 6. The fourth-order valence-electron chi connectivity index (χ4n) is 2.63. The minimum absolute atomic E-state index is 0.156. The Labute approximate surface area is 141 Å². The Morgan fingerprint density at radius 2 is 2.12 bits per heavy atom. The van der Waals surface area contributed by atoms with Gasteiger partial charge in [0.15, 0.2) is 0 Å². The van der Waals surface area contributed by atoms with E-state index in [1.165, 1.54) is 5.56 Å². The maximum Gasteiger partial charge on any atom is 0.314 e. The zero-order valence-corrected chi connectivity index (χ0v) is 13.9. The second-order valence-electron chi connectivity index (χ2n) is 6.03. The number of benzene rings is 1. The molecular formula is C18H23N3O3. The third-order valence-electron chi connectivity index (χ3n) is 4.03. The second kappa shape index (κ2) is 7.97. The highest BCUT2D eigenvalue weighted by atomic mass is 16.5. The Morgan fingerprint density at radius 1 is 1.29 bits per heavy atom. The maximum atomic E-state index is 11.7. The van der Waals surface area contributed by atoms with Crippen LogP contribution in [0.25, 0.3) is 11.5 Å². The molecule has 0 aliphatic carbocycles. The third kappa shape index (κ3) is 4.58. The first-order valence-electron chi connectivity index (χ1n) is 8.35. The minimum Gasteiger partial charge on any atom is -0.444 e. The number of carbonyl (C=O) groups excluding carboxylic acids is 1. The van der Waals surface area contributed by atoms with Gasteiger partial charge in [-0.1, -0.05) is 17.7 Å². The summed E-state index contributed by atoms with van der Waals surface area (Å²) in [6, 6.07) is 7.86. The standard InChI is InChI=1S/C18H23N3O3/c1-13-4-6-14(7-5-13)17-21-15(12-24-17)8-9-19-18(22)20-11-16-3-2-10-23-16/h4-7,12,16H,2-3,8-11H2,1H3,(H2,19,20,22)/t16-/m1/s1. The molecule has 1 saturated heterocycles. The smallest absolute Gasteiger partial charge is 0.314 e. The van der Waals surface area contributed by atoms with Crippen LogP contribution in [-0.2, 0) is 11.2 Å². The van der Waals surface area contributed by atoms with E-state index in [0.29, 0.717) is 25.4 Å². The van der Waals surface area contributed by atoms with Gasteiger partial charge in [-0.05, 0) is 31.9 Å². The lowest BCUT2D eigenvalue weighted by atomic mass is 10.1. The fourth-order valence-corrected chi connectivity index (χ4v) is 2.63. The van der Waals surface area contributed by atoms with E-state index < -0.39 is 0 Å². The van der Waals surface area contributed by atoms with Crippen LogP contribution < -0.4 is 10.6 Å². The Morgan fingerprint density at radius 3 is 2.88 bits per heavy atom. The van der Waals surface area contributed by atoms with E-state index in [9.17, 15) is 4.79 Å². The van der Waals surface area contributed by atoms with Gasteiger partial charge in [0.25, 0.3) is 0 Å². The van der Waals surface area contributed by atoms with Crippen molar-refractivity contribution in [2.75, 3.05) is 19.7 Å². The summed E-state index contributed by atoms with van der Waals surface area (Å²) in [4.78, 5) is 16.2. The normalized spacial score (nSPS) is 17.0. The number of ether oxygens (including phenoxy) is 1. The van der Waals surface area contributed by atoms with Crippen LogP contribution in [0.1, 0.15) is 24.1 Å². The summed E-state index contributed by atoms with van der Waals surface area (Å²) in [6.45, 7) is 3.91. The van der Waals surface area contributed by atoms with Gasteiger partial charge in [-0.15, -0.1) is 0 Å². The van der Waals surface area contributed by atoms with Crippen molar-refractivity contribution < 1.29 is 13.9 Å². The molecule has 6 nitrogen and oxygen atoms in total. The van der Waals surface area contributed by atoms with Crippen molar-refractivity contribution in [3.05, 3.63) is 41.8 Å². The van der Waals surface area contributed by atoms with Gasteiger partial charge >= 0.3 is 6.03 Å². The highest BCUT2D eigenvalue weighted by Crippen LogP contribution is 2.19. The van der Waals surface area contributed by atoms with Gasteiger partial charge < -0.3 is 19.8 Å². The highest BCUT2D eigenvalue weighted by Gasteiger charge is 2.16. The zero-order chi connectivity index (χ0) is 16.8. The molecule has 1 aliphatic heterocycles. The van der Waals surface area contributed by atoms with Gasteiger partial charge in [-0.25, -0.2) is 9.78 Å². The molecule has 0 saturated carbocycles. The van der Waals surface area contributed by atoms with Crippen LogP contribution >= 0.6 is 0 Å². The van der Waals surface area contributed by atoms with E-state index in [-0.39, 0.29) is 12.1 Å². The molecule has 0 bridgehead atoms. The molecule has 24 heavy (non-hydrogen) atoms. The molecule has 1 aromatic carbocycles. The van der Waals surface area contributed by atoms with Crippen LogP contribution in [0.3, 0.4) is 0 Å². The van der Waals surface area contributed by atoms with Crippen LogP contribution in [0.4, 0.5) is 4.79 Å². The average molecular weight is 329 g/mol. The summed E-state index contributed by atoms with van der Waals surface area (Å²) in [6.07, 6.45) is 4.51. The Bertz CT molecular complexity index is 660. The number of oxazole rings is 1. The van der Waals surface area contributed by atoms with E-state index in [2.05, 4.69) is 15.6 Å². The third-order valence-corrected chi connectivity index (χ3v) is 4.03. The van der Waals surface area contributed by atoms with Crippen LogP contribution in [-0.4, -0.2) is 36.8 Å². The first-order valence-corrected chi connectivity index (χ1v) is 8.35. The maximum absolute atomic E-state index is 11.7. The molecule has 2 N–H and O–H groups in total. The van der Waals surface area contributed by atoms with Crippen LogP contribution in [0.2, 0.25) is 0 Å². The molecule has 3 rings (SSSR count). The summed E-state index contributed by atoms with van der Waals surface area (Å²) in [5, 5.41) is 5.65. The lowest BCUT2D eigenvalue weighted by Crippen LogP contribution is -2.40. The molecule has 2 aromatic rings. The van der Waals surface area contributed by atoms with Gasteiger partial charge in [0.05, 0.1) is 11.8 Å². The molecule has 0 spiro atoms. The van der Waals surface area contributed by atoms with E-state index in [0.717, 1.165) is 30.7 Å². The minimum atomic E-state index is -0.173. The van der Waals surface area contributed by atoms with Crippen molar-refractivity contribution in [2.24, 2.45) is 0 Å². The Kier molecular flexibility index (Phi) is 5.48. The van der Waals surface area contributed by atoms with Crippen molar-refractivity contribution in [1.29, 1.82) is 0 Å². The summed E-state index contributed by atoms with van der Waals surface area (Å²) in [5.74, 6) is 0.604. The molecule has 1 aromatic heterocycles. The molecule has 2 amide bonds. The number of hydrogen-bond acceptors (Lipinski definition) is 4. The molecule has 1 atom stereocenters. The van der Waals surface area contributed by atoms with Crippen molar-refractivity contribution in [2.45, 2.75) is 32.3 Å². The predicted octanol–water partition coefficient (Wildman–Crippen LogP) is 2.67. The van der Waals surface area contributed by atoms with Crippen molar-refractivity contribution in [3.63, 3.8) is 0 Å². The number of carbonyl (C=O) groups is 1. The van der Waals surface area contributed by atoms with Crippen molar-refractivity contribution in [1.82, 2.24) is 15.6 Å². The highest BCUT2D eigenvalue weighted by molar-refractivity contribution is 5.73. The number of hydrogen-bond donors (Lipinski definition) is 2. The lowest BCUT2D eigenvalue weighted by Gasteiger charge is -2.11.